The molecule has 0 radical (unpaired) electrons. The molecule has 2 atom stereocenters. The molecule has 2 fully saturated rings. The molecule has 0 aromatic heterocycles. The summed E-state index contributed by atoms with van der Waals surface area (Å²) in [4.78, 5) is 2.50. The average molecular weight is 167 g/mol. The summed E-state index contributed by atoms with van der Waals surface area (Å²) < 4.78 is 5.38. The monoisotopic (exact) mass is 167 g/mol. The van der Waals surface area contributed by atoms with Gasteiger partial charge in [-0.1, -0.05) is 12.2 Å². The molecule has 0 saturated carbocycles. The Morgan fingerprint density at radius 3 is 3.00 bits per heavy atom. The van der Waals surface area contributed by atoms with Gasteiger partial charge in [0.2, 0.25) is 0 Å². The van der Waals surface area contributed by atoms with E-state index in [-0.39, 0.29) is 5.54 Å². The van der Waals surface area contributed by atoms with Gasteiger partial charge in [0.25, 0.3) is 0 Å². The van der Waals surface area contributed by atoms with Crippen LogP contribution in [0.5, 0.6) is 0 Å². The topological polar surface area (TPSA) is 12.5 Å². The average Bonchev–Trinajstić information content (AvgIpc) is 2.50. The maximum Gasteiger partial charge on any atom is 0.0719 e. The minimum Gasteiger partial charge on any atom is -0.380 e. The standard InChI is InChI=1S/C10H17NO/c1-8-4-5-11-7-9(12-3)6-10(8,11)2/h9H,1,4-7H2,2-3H3/t9-,10+/m0/s1. The first-order valence-electron chi connectivity index (χ1n) is 4.63. The molecular formula is C10H17NO. The van der Waals surface area contributed by atoms with Crippen molar-refractivity contribution in [2.75, 3.05) is 20.2 Å². The van der Waals surface area contributed by atoms with Gasteiger partial charge in [-0.25, -0.2) is 0 Å². The third kappa shape index (κ3) is 0.947. The van der Waals surface area contributed by atoms with Crippen molar-refractivity contribution < 1.29 is 4.74 Å². The van der Waals surface area contributed by atoms with Gasteiger partial charge in [0.05, 0.1) is 6.10 Å². The van der Waals surface area contributed by atoms with Crippen molar-refractivity contribution >= 4 is 0 Å². The van der Waals surface area contributed by atoms with E-state index in [1.54, 1.807) is 7.11 Å². The predicted octanol–water partition coefficient (Wildman–Crippen LogP) is 1.43. The van der Waals surface area contributed by atoms with Crippen LogP contribution in [0.3, 0.4) is 0 Å². The van der Waals surface area contributed by atoms with Crippen LogP contribution in [0.4, 0.5) is 0 Å². The van der Waals surface area contributed by atoms with Crippen LogP contribution >= 0.6 is 0 Å². The van der Waals surface area contributed by atoms with Crippen molar-refractivity contribution in [1.82, 2.24) is 4.90 Å². The normalized spacial score (nSPS) is 42.2. The van der Waals surface area contributed by atoms with Crippen LogP contribution < -0.4 is 0 Å². The number of fused-ring (bicyclic) bond motifs is 1. The van der Waals surface area contributed by atoms with Crippen LogP contribution in [0, 0.1) is 0 Å². The number of rotatable bonds is 1. The molecule has 0 aromatic rings. The molecule has 2 heteroatoms. The molecular weight excluding hydrogens is 150 g/mol. The second-order valence-corrected chi connectivity index (χ2v) is 4.14. The highest BCUT2D eigenvalue weighted by Gasteiger charge is 2.47. The van der Waals surface area contributed by atoms with Crippen LogP contribution in [-0.4, -0.2) is 36.7 Å². The summed E-state index contributed by atoms with van der Waals surface area (Å²) in [6.45, 7) is 8.70. The molecule has 68 valence electrons. The quantitative estimate of drug-likeness (QED) is 0.548. The number of hydrogen-bond donors (Lipinski definition) is 0. The Morgan fingerprint density at radius 1 is 1.67 bits per heavy atom. The number of nitrogens with zero attached hydrogens (tertiary/aromatic N) is 1. The number of methoxy groups -OCH3 is 1. The second kappa shape index (κ2) is 2.57. The van der Waals surface area contributed by atoms with E-state index in [2.05, 4.69) is 18.4 Å². The molecule has 0 amide bonds. The van der Waals surface area contributed by atoms with Gasteiger partial charge < -0.3 is 4.74 Å². The molecule has 2 rings (SSSR count). The zero-order valence-corrected chi connectivity index (χ0v) is 7.97. The first-order valence-corrected chi connectivity index (χ1v) is 4.63. The highest BCUT2D eigenvalue weighted by Crippen LogP contribution is 2.42. The van der Waals surface area contributed by atoms with Gasteiger partial charge in [-0.2, -0.15) is 0 Å². The van der Waals surface area contributed by atoms with E-state index in [9.17, 15) is 0 Å². The molecule has 0 spiro atoms. The second-order valence-electron chi connectivity index (χ2n) is 4.14. The minimum atomic E-state index is 0.251. The van der Waals surface area contributed by atoms with Crippen molar-refractivity contribution in [3.8, 4) is 0 Å². The Morgan fingerprint density at radius 2 is 2.42 bits per heavy atom. The molecule has 2 aliphatic heterocycles. The summed E-state index contributed by atoms with van der Waals surface area (Å²) in [6.07, 6.45) is 2.72. The molecule has 2 heterocycles. The molecule has 12 heavy (non-hydrogen) atoms. The number of hydrogen-bond acceptors (Lipinski definition) is 2. The Bertz CT molecular complexity index is 214. The highest BCUT2D eigenvalue weighted by atomic mass is 16.5. The molecule has 2 nitrogen and oxygen atoms in total. The third-order valence-electron chi connectivity index (χ3n) is 3.53. The maximum absolute atomic E-state index is 5.38. The van der Waals surface area contributed by atoms with E-state index in [1.165, 1.54) is 18.5 Å². The van der Waals surface area contributed by atoms with Crippen LogP contribution in [0.15, 0.2) is 12.2 Å². The van der Waals surface area contributed by atoms with Crippen LogP contribution in [-0.2, 0) is 4.74 Å². The Labute approximate surface area is 74.2 Å². The van der Waals surface area contributed by atoms with Crippen molar-refractivity contribution in [3.63, 3.8) is 0 Å². The minimum absolute atomic E-state index is 0.251. The largest absolute Gasteiger partial charge is 0.380 e. The van der Waals surface area contributed by atoms with Gasteiger partial charge >= 0.3 is 0 Å². The molecule has 0 unspecified atom stereocenters. The highest BCUT2D eigenvalue weighted by molar-refractivity contribution is 5.24. The van der Waals surface area contributed by atoms with E-state index in [1.807, 2.05) is 0 Å². The lowest BCUT2D eigenvalue weighted by molar-refractivity contribution is 0.108. The fraction of sp³-hybridized carbons (Fsp3) is 0.800. The maximum atomic E-state index is 5.38. The number of ether oxygens (including phenoxy) is 1. The van der Waals surface area contributed by atoms with Crippen LogP contribution in [0.1, 0.15) is 19.8 Å². The summed E-state index contributed by atoms with van der Waals surface area (Å²) in [5.41, 5.74) is 1.64. The van der Waals surface area contributed by atoms with E-state index in [0.29, 0.717) is 6.10 Å². The smallest absolute Gasteiger partial charge is 0.0719 e. The Hall–Kier alpha value is -0.340. The van der Waals surface area contributed by atoms with Gasteiger partial charge in [0.1, 0.15) is 0 Å². The summed E-state index contributed by atoms with van der Waals surface area (Å²) in [5.74, 6) is 0. The van der Waals surface area contributed by atoms with E-state index < -0.39 is 0 Å². The van der Waals surface area contributed by atoms with E-state index in [4.69, 9.17) is 4.74 Å². The first-order chi connectivity index (χ1) is 5.66. The predicted molar refractivity (Wildman–Crippen MR) is 49.1 cm³/mol. The van der Waals surface area contributed by atoms with E-state index >= 15 is 0 Å². The first kappa shape index (κ1) is 8.27. The van der Waals surface area contributed by atoms with Crippen LogP contribution in [0.2, 0.25) is 0 Å². The Kier molecular flexibility index (Phi) is 1.77. The zero-order chi connectivity index (χ0) is 8.77. The van der Waals surface area contributed by atoms with Crippen molar-refractivity contribution in [3.05, 3.63) is 12.2 Å². The molecule has 2 aliphatic rings. The van der Waals surface area contributed by atoms with Gasteiger partial charge in [0, 0.05) is 25.7 Å². The van der Waals surface area contributed by atoms with Gasteiger partial charge in [-0.05, 0) is 19.8 Å². The SMILES string of the molecule is C=C1CCN2C[C@@H](OC)C[C@]12C. The third-order valence-corrected chi connectivity index (χ3v) is 3.53. The summed E-state index contributed by atoms with van der Waals surface area (Å²) in [7, 11) is 1.80. The molecule has 2 saturated heterocycles. The van der Waals surface area contributed by atoms with Crippen molar-refractivity contribution in [1.29, 1.82) is 0 Å². The fourth-order valence-corrected chi connectivity index (χ4v) is 2.49. The van der Waals surface area contributed by atoms with Crippen molar-refractivity contribution in [2.45, 2.75) is 31.4 Å². The fourth-order valence-electron chi connectivity index (χ4n) is 2.49. The lowest BCUT2D eigenvalue weighted by Gasteiger charge is -2.27. The van der Waals surface area contributed by atoms with Crippen molar-refractivity contribution in [2.24, 2.45) is 0 Å². The molecule has 0 aromatic carbocycles. The summed E-state index contributed by atoms with van der Waals surface area (Å²) in [5, 5.41) is 0. The van der Waals surface area contributed by atoms with Gasteiger partial charge in [-0.15, -0.1) is 0 Å². The molecule has 0 aliphatic carbocycles. The summed E-state index contributed by atoms with van der Waals surface area (Å²) >= 11 is 0. The van der Waals surface area contributed by atoms with E-state index in [0.717, 1.165) is 13.0 Å². The Balaban J connectivity index is 2.18. The van der Waals surface area contributed by atoms with Gasteiger partial charge in [-0.3, -0.25) is 4.90 Å². The van der Waals surface area contributed by atoms with Gasteiger partial charge in [0.15, 0.2) is 0 Å². The molecule has 0 bridgehead atoms. The summed E-state index contributed by atoms with van der Waals surface area (Å²) in [6, 6.07) is 0. The molecule has 0 N–H and O–H groups in total. The lowest BCUT2D eigenvalue weighted by Crippen LogP contribution is -2.35. The van der Waals surface area contributed by atoms with Crippen LogP contribution in [0.25, 0.3) is 0 Å². The lowest BCUT2D eigenvalue weighted by atomic mass is 9.91. The zero-order valence-electron chi connectivity index (χ0n) is 7.97.